The number of urea groups is 1. The first-order chi connectivity index (χ1) is 14.7. The van der Waals surface area contributed by atoms with Gasteiger partial charge in [-0.3, -0.25) is 9.59 Å². The van der Waals surface area contributed by atoms with Crippen LogP contribution in [0.5, 0.6) is 0 Å². The summed E-state index contributed by atoms with van der Waals surface area (Å²) in [6, 6.07) is 7.57. The fraction of sp³-hybridized carbons (Fsp3) is 0.560. The van der Waals surface area contributed by atoms with Gasteiger partial charge in [-0.05, 0) is 42.4 Å². The SMILES string of the molecule is CC(C)N[C@@H](CC1=CCc2ccccc21)C(=O)C[C@@H](CCCNC(N)=O)C(=O)C(C)C. The maximum atomic E-state index is 13.3. The van der Waals surface area contributed by atoms with Crippen molar-refractivity contribution in [2.75, 3.05) is 6.54 Å². The second kappa shape index (κ2) is 11.8. The highest BCUT2D eigenvalue weighted by Gasteiger charge is 2.29. The first-order valence-electron chi connectivity index (χ1n) is 11.3. The molecule has 2 rings (SSSR count). The molecule has 0 bridgehead atoms. The predicted octanol–water partition coefficient (Wildman–Crippen LogP) is 3.63. The number of carbonyl (C=O) groups is 3. The zero-order chi connectivity index (χ0) is 23.0. The van der Waals surface area contributed by atoms with Crippen LogP contribution in [-0.2, 0) is 16.0 Å². The number of ketones is 2. The number of rotatable bonds is 13. The number of carbonyl (C=O) groups excluding carboxylic acids is 3. The predicted molar refractivity (Wildman–Crippen MR) is 125 cm³/mol. The minimum atomic E-state index is -0.575. The Balaban J connectivity index is 2.08. The summed E-state index contributed by atoms with van der Waals surface area (Å²) in [7, 11) is 0. The summed E-state index contributed by atoms with van der Waals surface area (Å²) < 4.78 is 0. The van der Waals surface area contributed by atoms with E-state index in [1.165, 1.54) is 16.7 Å². The number of hydrogen-bond acceptors (Lipinski definition) is 4. The van der Waals surface area contributed by atoms with Crippen LogP contribution in [0.2, 0.25) is 0 Å². The molecule has 4 N–H and O–H groups in total. The first kappa shape index (κ1) is 24.8. The van der Waals surface area contributed by atoms with Crippen LogP contribution in [0.4, 0.5) is 4.79 Å². The van der Waals surface area contributed by atoms with Gasteiger partial charge in [0.15, 0.2) is 5.78 Å². The Morgan fingerprint density at radius 1 is 1.10 bits per heavy atom. The van der Waals surface area contributed by atoms with E-state index in [2.05, 4.69) is 28.8 Å². The third-order valence-corrected chi connectivity index (χ3v) is 5.73. The van der Waals surface area contributed by atoms with Crippen LogP contribution in [0.15, 0.2) is 30.3 Å². The van der Waals surface area contributed by atoms with E-state index in [1.807, 2.05) is 39.8 Å². The molecule has 2 atom stereocenters. The molecule has 6 heteroatoms. The lowest BCUT2D eigenvalue weighted by atomic mass is 9.84. The number of primary amides is 1. The molecule has 0 heterocycles. The Hall–Kier alpha value is -2.47. The lowest BCUT2D eigenvalue weighted by molar-refractivity contribution is -0.131. The average molecular weight is 428 g/mol. The summed E-state index contributed by atoms with van der Waals surface area (Å²) in [5.41, 5.74) is 8.82. The van der Waals surface area contributed by atoms with E-state index in [9.17, 15) is 14.4 Å². The van der Waals surface area contributed by atoms with Crippen molar-refractivity contribution in [1.82, 2.24) is 10.6 Å². The number of amides is 2. The Morgan fingerprint density at radius 3 is 2.45 bits per heavy atom. The Kier molecular flexibility index (Phi) is 9.44. The van der Waals surface area contributed by atoms with Crippen LogP contribution >= 0.6 is 0 Å². The first-order valence-corrected chi connectivity index (χ1v) is 11.3. The normalized spacial score (nSPS) is 14.8. The van der Waals surface area contributed by atoms with Gasteiger partial charge in [0.25, 0.3) is 0 Å². The molecule has 31 heavy (non-hydrogen) atoms. The molecule has 0 saturated heterocycles. The minimum absolute atomic E-state index is 0.0702. The van der Waals surface area contributed by atoms with Crippen LogP contribution in [-0.4, -0.2) is 36.2 Å². The number of fused-ring (bicyclic) bond motifs is 1. The van der Waals surface area contributed by atoms with Gasteiger partial charge in [-0.2, -0.15) is 0 Å². The number of hydrogen-bond donors (Lipinski definition) is 3. The van der Waals surface area contributed by atoms with E-state index >= 15 is 0 Å². The molecular weight excluding hydrogens is 390 g/mol. The van der Waals surface area contributed by atoms with E-state index in [0.29, 0.717) is 25.8 Å². The lowest BCUT2D eigenvalue weighted by Crippen LogP contribution is -2.42. The quantitative estimate of drug-likeness (QED) is 0.418. The van der Waals surface area contributed by atoms with Gasteiger partial charge in [-0.25, -0.2) is 4.79 Å². The highest BCUT2D eigenvalue weighted by Crippen LogP contribution is 2.31. The van der Waals surface area contributed by atoms with Crippen LogP contribution < -0.4 is 16.4 Å². The largest absolute Gasteiger partial charge is 0.352 e. The second-order valence-electron chi connectivity index (χ2n) is 9.03. The summed E-state index contributed by atoms with van der Waals surface area (Å²) in [6.07, 6.45) is 5.12. The van der Waals surface area contributed by atoms with Gasteiger partial charge in [-0.1, -0.05) is 58.0 Å². The number of Topliss-reactive ketones (excluding diaryl/α,β-unsaturated/α-hetero) is 2. The Bertz CT molecular complexity index is 814. The van der Waals surface area contributed by atoms with E-state index < -0.39 is 6.03 Å². The molecule has 0 radical (unpaired) electrons. The number of nitrogens with two attached hydrogens (primary N) is 1. The Labute approximate surface area is 186 Å². The molecule has 0 aliphatic heterocycles. The maximum Gasteiger partial charge on any atom is 0.312 e. The summed E-state index contributed by atoms with van der Waals surface area (Å²) in [6.45, 7) is 8.20. The summed E-state index contributed by atoms with van der Waals surface area (Å²) in [5, 5.41) is 5.97. The molecule has 1 aliphatic carbocycles. The van der Waals surface area contributed by atoms with Gasteiger partial charge < -0.3 is 16.4 Å². The van der Waals surface area contributed by atoms with E-state index in [-0.39, 0.29) is 41.9 Å². The van der Waals surface area contributed by atoms with Crippen molar-refractivity contribution in [3.63, 3.8) is 0 Å². The standard InChI is InChI=1S/C25H37N3O3/c1-16(2)24(30)20(9-7-13-27-25(26)31)15-23(29)22(28-17(3)4)14-19-12-11-18-8-5-6-10-21(18)19/h5-6,8,10,12,16-17,20,22,28H,7,9,11,13-15H2,1-4H3,(H3,26,27,31)/t20-,22+/m1/s1. The molecule has 1 aliphatic rings. The fourth-order valence-corrected chi connectivity index (χ4v) is 4.20. The van der Waals surface area contributed by atoms with Gasteiger partial charge in [0, 0.05) is 30.8 Å². The molecule has 0 fully saturated rings. The van der Waals surface area contributed by atoms with Crippen molar-refractivity contribution in [3.05, 3.63) is 41.5 Å². The molecule has 2 amide bonds. The third-order valence-electron chi connectivity index (χ3n) is 5.73. The topological polar surface area (TPSA) is 101 Å². The third kappa shape index (κ3) is 7.62. The molecule has 0 aromatic heterocycles. The van der Waals surface area contributed by atoms with Crippen molar-refractivity contribution in [2.45, 2.75) is 71.9 Å². The van der Waals surface area contributed by atoms with E-state index in [0.717, 1.165) is 6.42 Å². The zero-order valence-corrected chi connectivity index (χ0v) is 19.2. The lowest BCUT2D eigenvalue weighted by Gasteiger charge is -2.24. The van der Waals surface area contributed by atoms with Crippen molar-refractivity contribution in [3.8, 4) is 0 Å². The van der Waals surface area contributed by atoms with Gasteiger partial charge in [0.2, 0.25) is 0 Å². The van der Waals surface area contributed by atoms with E-state index in [1.54, 1.807) is 0 Å². The van der Waals surface area contributed by atoms with Crippen LogP contribution in [0.3, 0.4) is 0 Å². The summed E-state index contributed by atoms with van der Waals surface area (Å²) >= 11 is 0. The van der Waals surface area contributed by atoms with Crippen LogP contribution in [0.1, 0.15) is 64.5 Å². The molecule has 0 saturated carbocycles. The number of benzene rings is 1. The molecule has 0 spiro atoms. The summed E-state index contributed by atoms with van der Waals surface area (Å²) in [4.78, 5) is 37.0. The van der Waals surface area contributed by atoms with Crippen molar-refractivity contribution < 1.29 is 14.4 Å². The van der Waals surface area contributed by atoms with Gasteiger partial charge in [0.1, 0.15) is 5.78 Å². The highest BCUT2D eigenvalue weighted by molar-refractivity contribution is 5.92. The molecule has 6 nitrogen and oxygen atoms in total. The molecular formula is C25H37N3O3. The molecule has 1 aromatic rings. The monoisotopic (exact) mass is 427 g/mol. The Morgan fingerprint density at radius 2 is 1.81 bits per heavy atom. The summed E-state index contributed by atoms with van der Waals surface area (Å²) in [5.74, 6) is -0.312. The number of nitrogens with one attached hydrogen (secondary N) is 2. The molecule has 1 aromatic carbocycles. The average Bonchev–Trinajstić information content (AvgIpc) is 3.11. The van der Waals surface area contributed by atoms with E-state index in [4.69, 9.17) is 5.73 Å². The highest BCUT2D eigenvalue weighted by atomic mass is 16.2. The smallest absolute Gasteiger partial charge is 0.312 e. The van der Waals surface area contributed by atoms with Crippen molar-refractivity contribution >= 4 is 23.2 Å². The van der Waals surface area contributed by atoms with Crippen LogP contribution in [0, 0.1) is 11.8 Å². The van der Waals surface area contributed by atoms with Crippen molar-refractivity contribution in [2.24, 2.45) is 17.6 Å². The molecule has 170 valence electrons. The van der Waals surface area contributed by atoms with Crippen LogP contribution in [0.25, 0.3) is 5.57 Å². The molecule has 0 unspecified atom stereocenters. The number of allylic oxidation sites excluding steroid dienone is 1. The maximum absolute atomic E-state index is 13.3. The van der Waals surface area contributed by atoms with Crippen molar-refractivity contribution in [1.29, 1.82) is 0 Å². The van der Waals surface area contributed by atoms with Gasteiger partial charge in [-0.15, -0.1) is 0 Å². The fourth-order valence-electron chi connectivity index (χ4n) is 4.20. The van der Waals surface area contributed by atoms with Gasteiger partial charge >= 0.3 is 6.03 Å². The second-order valence-corrected chi connectivity index (χ2v) is 9.03. The van der Waals surface area contributed by atoms with Gasteiger partial charge in [0.05, 0.1) is 6.04 Å². The minimum Gasteiger partial charge on any atom is -0.352 e. The zero-order valence-electron chi connectivity index (χ0n) is 19.2.